The molecule has 2 radical (unpaired) electrons. The summed E-state index contributed by atoms with van der Waals surface area (Å²) in [7, 11) is 1.08. The summed E-state index contributed by atoms with van der Waals surface area (Å²) in [6.45, 7) is 22.5. The summed E-state index contributed by atoms with van der Waals surface area (Å²) in [4.78, 5) is 0. The second kappa shape index (κ2) is 18.8. The number of rotatable bonds is 8. The summed E-state index contributed by atoms with van der Waals surface area (Å²) in [5, 5.41) is 5.51. The maximum atomic E-state index is 2.38. The molecule has 0 saturated carbocycles. The molecule has 6 aromatic carbocycles. The van der Waals surface area contributed by atoms with Crippen molar-refractivity contribution in [2.75, 3.05) is 0 Å². The van der Waals surface area contributed by atoms with Crippen LogP contribution >= 0.6 is 0 Å². The van der Waals surface area contributed by atoms with Crippen LogP contribution in [-0.4, -0.2) is 9.52 Å². The van der Waals surface area contributed by atoms with Crippen molar-refractivity contribution in [1.82, 2.24) is 0 Å². The molecule has 0 atom stereocenters. The first-order valence-corrected chi connectivity index (χ1v) is 19.7. The molecule has 0 amide bonds. The van der Waals surface area contributed by atoms with Crippen LogP contribution in [-0.2, 0) is 39.0 Å². The monoisotopic (exact) mass is 726 g/mol. The van der Waals surface area contributed by atoms with E-state index in [-0.39, 0.29) is 26.2 Å². The Morgan fingerprint density at radius 3 is 1.15 bits per heavy atom. The standard InChI is InChI=1S/2C22H25.C2H6Si.Zr/c2*1-15(2)12-17-8-5-6-10-20(17)21-11-7-9-18-13-19(16(3)4)14-22(18)21;1-3-2;/h2*5-11,13-16H,12H2,1-4H3;1-2H3;/q2*-1;;+2. The van der Waals surface area contributed by atoms with Crippen molar-refractivity contribution in [2.45, 2.75) is 93.2 Å². The normalized spacial score (nSPS) is 11.1. The number of fused-ring (bicyclic) bond motifs is 2. The van der Waals surface area contributed by atoms with Gasteiger partial charge in [0.15, 0.2) is 0 Å². The molecular weight excluding hydrogens is 672 g/mol. The van der Waals surface area contributed by atoms with Crippen molar-refractivity contribution < 1.29 is 26.2 Å². The fourth-order valence-corrected chi connectivity index (χ4v) is 6.45. The van der Waals surface area contributed by atoms with E-state index in [1.807, 2.05) is 0 Å². The van der Waals surface area contributed by atoms with E-state index in [2.05, 4.69) is 178 Å². The Morgan fingerprint density at radius 1 is 0.479 bits per heavy atom. The molecule has 0 aliphatic rings. The van der Waals surface area contributed by atoms with Crippen LogP contribution in [0.2, 0.25) is 13.1 Å². The van der Waals surface area contributed by atoms with Crippen LogP contribution in [0.4, 0.5) is 0 Å². The van der Waals surface area contributed by atoms with Gasteiger partial charge in [0, 0.05) is 9.52 Å². The molecule has 0 N–H and O–H groups in total. The molecule has 0 nitrogen and oxygen atoms in total. The molecule has 0 heterocycles. The molecule has 2 heteroatoms. The van der Waals surface area contributed by atoms with E-state index < -0.39 is 0 Å². The molecule has 248 valence electrons. The average Bonchev–Trinajstić information content (AvgIpc) is 3.67. The van der Waals surface area contributed by atoms with Gasteiger partial charge in [-0.25, -0.2) is 0 Å². The van der Waals surface area contributed by atoms with Gasteiger partial charge < -0.3 is 0 Å². The van der Waals surface area contributed by atoms with Crippen LogP contribution in [0.3, 0.4) is 0 Å². The minimum atomic E-state index is 0. The van der Waals surface area contributed by atoms with Gasteiger partial charge in [-0.2, -0.15) is 12.1 Å². The number of hydrogen-bond acceptors (Lipinski definition) is 0. The summed E-state index contributed by atoms with van der Waals surface area (Å²) >= 11 is 0. The Balaban J connectivity index is 0.000000236. The predicted molar refractivity (Wildman–Crippen MR) is 213 cm³/mol. The SMILES string of the molecule is CC(C)Cc1ccccc1-c1cccc2[cH-]c(C(C)C)cc12.CC(C)Cc1ccccc1-c1cccc2[cH-]c(C(C)C)cc12.C[Si]C.[Zr+2]. The van der Waals surface area contributed by atoms with Crippen molar-refractivity contribution >= 4 is 31.1 Å². The van der Waals surface area contributed by atoms with Crippen molar-refractivity contribution in [3.05, 3.63) is 131 Å². The fraction of sp³-hybridized carbons (Fsp3) is 0.348. The Labute approximate surface area is 314 Å². The first kappa shape index (κ1) is 39.6. The van der Waals surface area contributed by atoms with Gasteiger partial charge in [0.2, 0.25) is 0 Å². The Bertz CT molecular complexity index is 1710. The quantitative estimate of drug-likeness (QED) is 0.108. The third-order valence-corrected chi connectivity index (χ3v) is 8.75. The molecular formula is C46H56SiZr. The molecule has 0 spiro atoms. The largest absolute Gasteiger partial charge is 2.00 e. The van der Waals surface area contributed by atoms with Crippen LogP contribution in [0.25, 0.3) is 43.8 Å². The zero-order chi connectivity index (χ0) is 34.1. The van der Waals surface area contributed by atoms with Gasteiger partial charge in [-0.1, -0.05) is 140 Å². The fourth-order valence-electron chi connectivity index (χ4n) is 6.45. The molecule has 0 unspecified atom stereocenters. The smallest absolute Gasteiger partial charge is 0.164 e. The van der Waals surface area contributed by atoms with E-state index >= 15 is 0 Å². The minimum Gasteiger partial charge on any atom is -0.164 e. The van der Waals surface area contributed by atoms with Gasteiger partial charge in [0.1, 0.15) is 0 Å². The number of benzene rings is 4. The van der Waals surface area contributed by atoms with Crippen molar-refractivity contribution in [1.29, 1.82) is 0 Å². The summed E-state index contributed by atoms with van der Waals surface area (Å²) < 4.78 is 0. The first-order valence-electron chi connectivity index (χ1n) is 17.7. The van der Waals surface area contributed by atoms with Crippen LogP contribution in [0.5, 0.6) is 0 Å². The molecule has 0 aliphatic carbocycles. The molecule has 0 bridgehead atoms. The second-order valence-electron chi connectivity index (χ2n) is 14.5. The zero-order valence-corrected chi connectivity index (χ0v) is 34.6. The maximum absolute atomic E-state index is 2.38. The van der Waals surface area contributed by atoms with Gasteiger partial charge in [0.05, 0.1) is 0 Å². The van der Waals surface area contributed by atoms with E-state index in [1.165, 1.54) is 66.1 Å². The zero-order valence-electron chi connectivity index (χ0n) is 31.1. The molecule has 0 saturated heterocycles. The summed E-state index contributed by atoms with van der Waals surface area (Å²) in [6.07, 6.45) is 2.26. The molecule has 0 aromatic heterocycles. The van der Waals surface area contributed by atoms with E-state index in [4.69, 9.17) is 0 Å². The van der Waals surface area contributed by atoms with Crippen LogP contribution in [0.15, 0.2) is 109 Å². The molecule has 48 heavy (non-hydrogen) atoms. The maximum Gasteiger partial charge on any atom is 2.00 e. The van der Waals surface area contributed by atoms with Crippen LogP contribution in [0, 0.1) is 11.8 Å². The summed E-state index contributed by atoms with van der Waals surface area (Å²) in [5.41, 5.74) is 11.3. The van der Waals surface area contributed by atoms with E-state index in [9.17, 15) is 0 Å². The average molecular weight is 728 g/mol. The van der Waals surface area contributed by atoms with E-state index in [1.54, 1.807) is 0 Å². The molecule has 6 rings (SSSR count). The van der Waals surface area contributed by atoms with Crippen molar-refractivity contribution in [3.8, 4) is 22.3 Å². The Kier molecular flexibility index (Phi) is 15.5. The molecule has 0 aliphatic heterocycles. The predicted octanol–water partition coefficient (Wildman–Crippen LogP) is 13.9. The van der Waals surface area contributed by atoms with Crippen molar-refractivity contribution in [3.63, 3.8) is 0 Å². The van der Waals surface area contributed by atoms with E-state index in [0.29, 0.717) is 23.7 Å². The van der Waals surface area contributed by atoms with Gasteiger partial charge in [-0.05, 0) is 58.8 Å². The minimum absolute atomic E-state index is 0. The third-order valence-electron chi connectivity index (χ3n) is 8.75. The van der Waals surface area contributed by atoms with Gasteiger partial charge in [-0.3, -0.25) is 0 Å². The topological polar surface area (TPSA) is 0 Å². The summed E-state index contributed by atoms with van der Waals surface area (Å²) in [6, 6.07) is 40.5. The van der Waals surface area contributed by atoms with Crippen molar-refractivity contribution in [2.24, 2.45) is 11.8 Å². The Morgan fingerprint density at radius 2 is 0.812 bits per heavy atom. The van der Waals surface area contributed by atoms with Crippen LogP contribution < -0.4 is 0 Å². The van der Waals surface area contributed by atoms with Crippen LogP contribution in [0.1, 0.15) is 89.5 Å². The van der Waals surface area contributed by atoms with Gasteiger partial charge >= 0.3 is 26.2 Å². The molecule has 6 aromatic rings. The van der Waals surface area contributed by atoms with Gasteiger partial charge in [-0.15, -0.1) is 69.1 Å². The Hall–Kier alpha value is -2.80. The first-order chi connectivity index (χ1) is 22.5. The second-order valence-corrected chi connectivity index (χ2v) is 15.5. The summed E-state index contributed by atoms with van der Waals surface area (Å²) in [5.74, 6) is 2.50. The molecule has 0 fully saturated rings. The van der Waals surface area contributed by atoms with E-state index in [0.717, 1.165) is 22.4 Å². The number of hydrogen-bond donors (Lipinski definition) is 0. The van der Waals surface area contributed by atoms with Gasteiger partial charge in [0.25, 0.3) is 0 Å². The third kappa shape index (κ3) is 10.1.